The first kappa shape index (κ1) is 14.4. The number of nitrogens with zero attached hydrogens (tertiary/aromatic N) is 4. The highest BCUT2D eigenvalue weighted by molar-refractivity contribution is 5.73. The summed E-state index contributed by atoms with van der Waals surface area (Å²) >= 11 is 0. The minimum Gasteiger partial charge on any atom is -0.441 e. The third kappa shape index (κ3) is 2.75. The Balaban J connectivity index is 1.49. The Bertz CT molecular complexity index is 775. The van der Waals surface area contributed by atoms with Gasteiger partial charge in [-0.25, -0.2) is 9.97 Å². The summed E-state index contributed by atoms with van der Waals surface area (Å²) < 4.78 is 7.91. The molecule has 0 aliphatic carbocycles. The van der Waals surface area contributed by atoms with Crippen LogP contribution in [0.4, 0.5) is 0 Å². The fourth-order valence-electron chi connectivity index (χ4n) is 3.48. The number of aromatic nitrogens is 3. The average Bonchev–Trinajstić information content (AvgIpc) is 3.22. The molecule has 1 aliphatic rings. The maximum Gasteiger partial charge on any atom is 0.226 e. The molecule has 23 heavy (non-hydrogen) atoms. The van der Waals surface area contributed by atoms with Gasteiger partial charge >= 0.3 is 0 Å². The van der Waals surface area contributed by atoms with Crippen LogP contribution in [0, 0.1) is 0 Å². The largest absolute Gasteiger partial charge is 0.441 e. The molecule has 4 rings (SSSR count). The molecule has 0 unspecified atom stereocenters. The van der Waals surface area contributed by atoms with Crippen molar-refractivity contribution in [3.8, 4) is 0 Å². The number of nitrogens with one attached hydrogen (secondary N) is 1. The van der Waals surface area contributed by atoms with Gasteiger partial charge in [0.15, 0.2) is 0 Å². The van der Waals surface area contributed by atoms with Crippen molar-refractivity contribution in [1.82, 2.24) is 24.8 Å². The molecule has 1 fully saturated rings. The number of aryl methyl sites for hydroxylation is 1. The summed E-state index contributed by atoms with van der Waals surface area (Å²) in [7, 11) is 4.22. The molecular formula is C17H21N5O. The Morgan fingerprint density at radius 3 is 3.04 bits per heavy atom. The van der Waals surface area contributed by atoms with E-state index in [1.54, 1.807) is 6.20 Å². The number of fused-ring (bicyclic) bond motifs is 1. The molecular weight excluding hydrogens is 290 g/mol. The van der Waals surface area contributed by atoms with Crippen LogP contribution in [0.1, 0.15) is 17.4 Å². The van der Waals surface area contributed by atoms with E-state index in [4.69, 9.17) is 4.42 Å². The van der Waals surface area contributed by atoms with E-state index in [1.807, 2.05) is 24.7 Å². The monoisotopic (exact) mass is 311 g/mol. The molecule has 6 nitrogen and oxygen atoms in total. The highest BCUT2D eigenvalue weighted by Crippen LogP contribution is 2.27. The van der Waals surface area contributed by atoms with Crippen molar-refractivity contribution in [3.05, 3.63) is 48.4 Å². The van der Waals surface area contributed by atoms with Crippen molar-refractivity contribution < 1.29 is 4.42 Å². The molecule has 120 valence electrons. The summed E-state index contributed by atoms with van der Waals surface area (Å²) in [6.07, 6.45) is 5.60. The Hall–Kier alpha value is -2.18. The molecule has 1 aliphatic heterocycles. The minimum atomic E-state index is 0.386. The van der Waals surface area contributed by atoms with E-state index in [0.29, 0.717) is 24.2 Å². The van der Waals surface area contributed by atoms with E-state index in [-0.39, 0.29) is 0 Å². The van der Waals surface area contributed by atoms with Crippen LogP contribution in [-0.2, 0) is 13.6 Å². The van der Waals surface area contributed by atoms with Gasteiger partial charge in [0.1, 0.15) is 5.76 Å². The summed E-state index contributed by atoms with van der Waals surface area (Å²) in [5.74, 6) is 1.37. The number of imidazole rings is 1. The van der Waals surface area contributed by atoms with Crippen molar-refractivity contribution in [2.45, 2.75) is 18.5 Å². The second-order valence-electron chi connectivity index (χ2n) is 6.36. The van der Waals surface area contributed by atoms with Gasteiger partial charge < -0.3 is 19.2 Å². The van der Waals surface area contributed by atoms with Crippen LogP contribution in [0.2, 0.25) is 0 Å². The Kier molecular flexibility index (Phi) is 3.63. The number of furan rings is 1. The van der Waals surface area contributed by atoms with Gasteiger partial charge in [-0.2, -0.15) is 0 Å². The topological polar surface area (TPSA) is 59.1 Å². The van der Waals surface area contributed by atoms with Crippen LogP contribution in [-0.4, -0.2) is 45.6 Å². The second kappa shape index (κ2) is 5.79. The predicted octanol–water partition coefficient (Wildman–Crippen LogP) is 1.75. The molecule has 1 saturated heterocycles. The van der Waals surface area contributed by atoms with Crippen LogP contribution in [0.15, 0.2) is 41.3 Å². The number of rotatable bonds is 4. The van der Waals surface area contributed by atoms with Crippen LogP contribution in [0.3, 0.4) is 0 Å². The summed E-state index contributed by atoms with van der Waals surface area (Å²) in [4.78, 5) is 10.9. The van der Waals surface area contributed by atoms with E-state index >= 15 is 0 Å². The normalized spacial score (nSPS) is 22.2. The molecule has 1 N–H and O–H groups in total. The number of hydrogen-bond acceptors (Lipinski definition) is 5. The van der Waals surface area contributed by atoms with Gasteiger partial charge in [-0.3, -0.25) is 0 Å². The van der Waals surface area contributed by atoms with Crippen molar-refractivity contribution in [1.29, 1.82) is 0 Å². The van der Waals surface area contributed by atoms with Gasteiger partial charge in [-0.15, -0.1) is 0 Å². The molecule has 3 aromatic heterocycles. The summed E-state index contributed by atoms with van der Waals surface area (Å²) in [5, 5.41) is 4.70. The van der Waals surface area contributed by atoms with Gasteiger partial charge in [-0.1, -0.05) is 0 Å². The predicted molar refractivity (Wildman–Crippen MR) is 88.1 cm³/mol. The standard InChI is InChI=1S/C17H21N5O/c1-21-9-14(16-8-18-11-22(16)2)15(10-21)20-7-13-6-12-4-3-5-19-17(12)23-13/h3-6,8,11,14-15,20H,7,9-10H2,1-2H3/t14-,15-/m1/s1. The first-order chi connectivity index (χ1) is 11.2. The summed E-state index contributed by atoms with van der Waals surface area (Å²) in [6.45, 7) is 2.77. The molecule has 0 bridgehead atoms. The summed E-state index contributed by atoms with van der Waals surface area (Å²) in [5.41, 5.74) is 1.98. The molecule has 0 radical (unpaired) electrons. The fraction of sp³-hybridized carbons (Fsp3) is 0.412. The van der Waals surface area contributed by atoms with Gasteiger partial charge in [0, 0.05) is 55.6 Å². The van der Waals surface area contributed by atoms with Gasteiger partial charge in [0.05, 0.1) is 12.9 Å². The molecule has 0 spiro atoms. The fourth-order valence-corrected chi connectivity index (χ4v) is 3.48. The van der Waals surface area contributed by atoms with E-state index < -0.39 is 0 Å². The van der Waals surface area contributed by atoms with E-state index in [1.165, 1.54) is 5.69 Å². The smallest absolute Gasteiger partial charge is 0.226 e. The van der Waals surface area contributed by atoms with Crippen LogP contribution in [0.5, 0.6) is 0 Å². The SMILES string of the molecule is CN1C[C@@H](NCc2cc3cccnc3o2)[C@H](c2cncn2C)C1. The first-order valence-corrected chi connectivity index (χ1v) is 7.92. The number of hydrogen-bond donors (Lipinski definition) is 1. The van der Waals surface area contributed by atoms with Crippen molar-refractivity contribution in [2.24, 2.45) is 7.05 Å². The third-order valence-electron chi connectivity index (χ3n) is 4.62. The quantitative estimate of drug-likeness (QED) is 0.795. The lowest BCUT2D eigenvalue weighted by molar-refractivity contribution is 0.392. The van der Waals surface area contributed by atoms with Crippen LogP contribution >= 0.6 is 0 Å². The molecule has 6 heteroatoms. The number of likely N-dealkylation sites (tertiary alicyclic amines) is 1. The lowest BCUT2D eigenvalue weighted by Gasteiger charge is -2.19. The molecule has 0 aromatic carbocycles. The minimum absolute atomic E-state index is 0.386. The Labute approximate surface area is 135 Å². The number of likely N-dealkylation sites (N-methyl/N-ethyl adjacent to an activating group) is 1. The van der Waals surface area contributed by atoms with Gasteiger partial charge in [0.25, 0.3) is 0 Å². The lowest BCUT2D eigenvalue weighted by Crippen LogP contribution is -2.35. The third-order valence-corrected chi connectivity index (χ3v) is 4.62. The highest BCUT2D eigenvalue weighted by atomic mass is 16.3. The zero-order valence-corrected chi connectivity index (χ0v) is 13.4. The molecule has 2 atom stereocenters. The number of pyridine rings is 1. The maximum absolute atomic E-state index is 5.80. The Morgan fingerprint density at radius 2 is 2.26 bits per heavy atom. The van der Waals surface area contributed by atoms with Crippen molar-refractivity contribution in [3.63, 3.8) is 0 Å². The highest BCUT2D eigenvalue weighted by Gasteiger charge is 2.33. The maximum atomic E-state index is 5.80. The van der Waals surface area contributed by atoms with Gasteiger partial charge in [0.2, 0.25) is 5.71 Å². The van der Waals surface area contributed by atoms with E-state index in [9.17, 15) is 0 Å². The molecule has 4 heterocycles. The molecule has 3 aromatic rings. The van der Waals surface area contributed by atoms with E-state index in [2.05, 4.69) is 44.9 Å². The average molecular weight is 311 g/mol. The van der Waals surface area contributed by atoms with Gasteiger partial charge in [-0.05, 0) is 25.2 Å². The molecule has 0 amide bonds. The van der Waals surface area contributed by atoms with Crippen LogP contribution in [0.25, 0.3) is 11.1 Å². The Morgan fingerprint density at radius 1 is 1.35 bits per heavy atom. The lowest BCUT2D eigenvalue weighted by atomic mass is 10.00. The zero-order chi connectivity index (χ0) is 15.8. The van der Waals surface area contributed by atoms with Crippen LogP contribution < -0.4 is 5.32 Å². The summed E-state index contributed by atoms with van der Waals surface area (Å²) in [6, 6.07) is 6.40. The first-order valence-electron chi connectivity index (χ1n) is 7.92. The second-order valence-corrected chi connectivity index (χ2v) is 6.36. The zero-order valence-electron chi connectivity index (χ0n) is 13.4. The molecule has 0 saturated carbocycles. The van der Waals surface area contributed by atoms with E-state index in [0.717, 1.165) is 24.2 Å². The van der Waals surface area contributed by atoms with Crippen molar-refractivity contribution in [2.75, 3.05) is 20.1 Å². The van der Waals surface area contributed by atoms with Crippen molar-refractivity contribution >= 4 is 11.1 Å².